The van der Waals surface area contributed by atoms with Gasteiger partial charge in [-0.3, -0.25) is 0 Å². The minimum Gasteiger partial charge on any atom is -0.313 e. The van der Waals surface area contributed by atoms with E-state index < -0.39 is 0 Å². The van der Waals surface area contributed by atoms with Crippen molar-refractivity contribution in [3.05, 3.63) is 43.8 Å². The summed E-state index contributed by atoms with van der Waals surface area (Å²) in [5.41, 5.74) is 2.85. The molecule has 1 nitrogen and oxygen atoms in total. The van der Waals surface area contributed by atoms with Gasteiger partial charge in [0.05, 0.1) is 0 Å². The van der Waals surface area contributed by atoms with E-state index in [1.54, 1.807) is 11.3 Å². The van der Waals surface area contributed by atoms with Crippen molar-refractivity contribution in [1.82, 2.24) is 5.32 Å². The Kier molecular flexibility index (Phi) is 4.37. The summed E-state index contributed by atoms with van der Waals surface area (Å²) in [6.45, 7) is 4.41. The molecule has 1 N–H and O–H groups in total. The molecule has 0 fully saturated rings. The van der Waals surface area contributed by atoms with Crippen LogP contribution in [0.25, 0.3) is 0 Å². The number of hydrogen-bond donors (Lipinski definition) is 1. The van der Waals surface area contributed by atoms with E-state index in [1.807, 2.05) is 11.3 Å². The molecule has 2 aromatic rings. The summed E-state index contributed by atoms with van der Waals surface area (Å²) in [5.74, 6) is 0. The fraction of sp³-hybridized carbons (Fsp3) is 0.429. The summed E-state index contributed by atoms with van der Waals surface area (Å²) < 4.78 is 0. The molecule has 0 amide bonds. The van der Waals surface area contributed by atoms with Crippen LogP contribution in [0.15, 0.2) is 22.9 Å². The van der Waals surface area contributed by atoms with Crippen molar-refractivity contribution in [1.29, 1.82) is 0 Å². The number of rotatable bonds is 5. The van der Waals surface area contributed by atoms with Crippen LogP contribution < -0.4 is 5.32 Å². The smallest absolute Gasteiger partial charge is 0.0377 e. The maximum atomic E-state index is 3.43. The first-order valence-corrected chi connectivity index (χ1v) is 7.78. The highest BCUT2D eigenvalue weighted by Crippen LogP contribution is 2.27. The van der Waals surface area contributed by atoms with E-state index in [0.717, 1.165) is 12.8 Å². The SMILES string of the molecule is CCc1ccc(CC(NC)c2cscc2C)s1. The topological polar surface area (TPSA) is 12.0 Å². The van der Waals surface area contributed by atoms with E-state index in [4.69, 9.17) is 0 Å². The molecule has 0 aliphatic rings. The Morgan fingerprint density at radius 2 is 2.00 bits per heavy atom. The van der Waals surface area contributed by atoms with Gasteiger partial charge < -0.3 is 5.32 Å². The predicted molar refractivity (Wildman–Crippen MR) is 78.3 cm³/mol. The molecule has 1 atom stereocenters. The van der Waals surface area contributed by atoms with Crippen LogP contribution >= 0.6 is 22.7 Å². The van der Waals surface area contributed by atoms with Gasteiger partial charge >= 0.3 is 0 Å². The molecule has 2 heterocycles. The molecule has 92 valence electrons. The Morgan fingerprint density at radius 3 is 2.53 bits per heavy atom. The third kappa shape index (κ3) is 2.97. The lowest BCUT2D eigenvalue weighted by Gasteiger charge is -2.15. The summed E-state index contributed by atoms with van der Waals surface area (Å²) in [7, 11) is 2.05. The second kappa shape index (κ2) is 5.80. The lowest BCUT2D eigenvalue weighted by molar-refractivity contribution is 0.595. The Hall–Kier alpha value is -0.640. The fourth-order valence-corrected chi connectivity index (χ4v) is 3.93. The van der Waals surface area contributed by atoms with Crippen molar-refractivity contribution in [3.8, 4) is 0 Å². The van der Waals surface area contributed by atoms with Crippen molar-refractivity contribution < 1.29 is 0 Å². The molecule has 17 heavy (non-hydrogen) atoms. The van der Waals surface area contributed by atoms with Crippen LogP contribution in [-0.4, -0.2) is 7.05 Å². The molecule has 0 bridgehead atoms. The average molecular weight is 265 g/mol. The number of likely N-dealkylation sites (N-methyl/N-ethyl adjacent to an activating group) is 1. The van der Waals surface area contributed by atoms with Crippen LogP contribution in [-0.2, 0) is 12.8 Å². The van der Waals surface area contributed by atoms with E-state index in [1.165, 1.54) is 20.9 Å². The van der Waals surface area contributed by atoms with Gasteiger partial charge in [0.15, 0.2) is 0 Å². The number of nitrogens with one attached hydrogen (secondary N) is 1. The van der Waals surface area contributed by atoms with E-state index in [2.05, 4.69) is 49.1 Å². The molecule has 3 heteroatoms. The molecular weight excluding hydrogens is 246 g/mol. The molecule has 0 saturated carbocycles. The third-order valence-corrected chi connectivity index (χ3v) is 5.22. The fourth-order valence-electron chi connectivity index (χ4n) is 2.02. The van der Waals surface area contributed by atoms with Crippen LogP contribution in [0.3, 0.4) is 0 Å². The molecule has 0 spiro atoms. The van der Waals surface area contributed by atoms with Gasteiger partial charge in [-0.1, -0.05) is 6.92 Å². The zero-order valence-corrected chi connectivity index (χ0v) is 12.3. The first-order valence-electron chi connectivity index (χ1n) is 6.02. The minimum atomic E-state index is 0.449. The summed E-state index contributed by atoms with van der Waals surface area (Å²) in [5, 5.41) is 7.93. The maximum Gasteiger partial charge on any atom is 0.0377 e. The van der Waals surface area contributed by atoms with Gasteiger partial charge in [0.2, 0.25) is 0 Å². The minimum absolute atomic E-state index is 0.449. The van der Waals surface area contributed by atoms with Gasteiger partial charge in [-0.15, -0.1) is 11.3 Å². The van der Waals surface area contributed by atoms with Crippen molar-refractivity contribution >= 4 is 22.7 Å². The first kappa shape index (κ1) is 12.8. The average Bonchev–Trinajstić information content (AvgIpc) is 2.95. The highest BCUT2D eigenvalue weighted by molar-refractivity contribution is 7.12. The predicted octanol–water partition coefficient (Wildman–Crippen LogP) is 4.18. The molecule has 0 saturated heterocycles. The number of aryl methyl sites for hydroxylation is 2. The van der Waals surface area contributed by atoms with Gasteiger partial charge in [-0.05, 0) is 54.4 Å². The Balaban J connectivity index is 2.12. The zero-order valence-electron chi connectivity index (χ0n) is 10.6. The van der Waals surface area contributed by atoms with Crippen molar-refractivity contribution in [3.63, 3.8) is 0 Å². The third-order valence-electron chi connectivity index (χ3n) is 3.09. The lowest BCUT2D eigenvalue weighted by Crippen LogP contribution is -2.18. The number of hydrogen-bond acceptors (Lipinski definition) is 3. The van der Waals surface area contributed by atoms with Crippen molar-refractivity contribution in [2.45, 2.75) is 32.7 Å². The van der Waals surface area contributed by atoms with Crippen LogP contribution in [0.4, 0.5) is 0 Å². The van der Waals surface area contributed by atoms with Crippen molar-refractivity contribution in [2.75, 3.05) is 7.05 Å². The molecule has 0 aliphatic carbocycles. The van der Waals surface area contributed by atoms with Gasteiger partial charge in [-0.2, -0.15) is 11.3 Å². The largest absolute Gasteiger partial charge is 0.313 e. The molecule has 1 unspecified atom stereocenters. The first-order chi connectivity index (χ1) is 8.24. The van der Waals surface area contributed by atoms with E-state index in [9.17, 15) is 0 Å². The Labute approximate surface area is 112 Å². The monoisotopic (exact) mass is 265 g/mol. The summed E-state index contributed by atoms with van der Waals surface area (Å²) in [4.78, 5) is 2.96. The van der Waals surface area contributed by atoms with Crippen molar-refractivity contribution in [2.24, 2.45) is 0 Å². The second-order valence-corrected chi connectivity index (χ2v) is 6.27. The second-order valence-electron chi connectivity index (χ2n) is 4.28. The van der Waals surface area contributed by atoms with Crippen LogP contribution in [0.1, 0.15) is 33.8 Å². The van der Waals surface area contributed by atoms with Crippen LogP contribution in [0.2, 0.25) is 0 Å². The Morgan fingerprint density at radius 1 is 1.24 bits per heavy atom. The molecule has 2 aromatic heterocycles. The number of thiophene rings is 2. The molecule has 0 aromatic carbocycles. The van der Waals surface area contributed by atoms with E-state index in [0.29, 0.717) is 6.04 Å². The standard InChI is InChI=1S/C14H19NS2/c1-4-11-5-6-12(17-11)7-14(15-3)13-9-16-8-10(13)2/h5-6,8-9,14-15H,4,7H2,1-3H3. The van der Waals surface area contributed by atoms with Gasteiger partial charge in [-0.25, -0.2) is 0 Å². The van der Waals surface area contributed by atoms with Crippen LogP contribution in [0, 0.1) is 6.92 Å². The normalized spacial score (nSPS) is 12.9. The van der Waals surface area contributed by atoms with Crippen LogP contribution in [0.5, 0.6) is 0 Å². The summed E-state index contributed by atoms with van der Waals surface area (Å²) in [6.07, 6.45) is 2.24. The van der Waals surface area contributed by atoms with E-state index in [-0.39, 0.29) is 0 Å². The quantitative estimate of drug-likeness (QED) is 0.855. The highest BCUT2D eigenvalue weighted by atomic mass is 32.1. The summed E-state index contributed by atoms with van der Waals surface area (Å²) >= 11 is 3.74. The van der Waals surface area contributed by atoms with Gasteiger partial charge in [0.25, 0.3) is 0 Å². The van der Waals surface area contributed by atoms with Gasteiger partial charge in [0.1, 0.15) is 0 Å². The summed E-state index contributed by atoms with van der Waals surface area (Å²) in [6, 6.07) is 4.98. The van der Waals surface area contributed by atoms with E-state index >= 15 is 0 Å². The molecule has 2 rings (SSSR count). The highest BCUT2D eigenvalue weighted by Gasteiger charge is 2.14. The molecular formula is C14H19NS2. The molecule has 0 radical (unpaired) electrons. The maximum absolute atomic E-state index is 3.43. The Bertz CT molecular complexity index is 470. The molecule has 0 aliphatic heterocycles. The zero-order chi connectivity index (χ0) is 12.3. The lowest BCUT2D eigenvalue weighted by atomic mass is 10.0. The van der Waals surface area contributed by atoms with Gasteiger partial charge in [0, 0.05) is 22.2 Å².